The van der Waals surface area contributed by atoms with Crippen molar-refractivity contribution in [2.75, 3.05) is 7.11 Å². The van der Waals surface area contributed by atoms with E-state index in [0.29, 0.717) is 17.6 Å². The van der Waals surface area contributed by atoms with Gasteiger partial charge in [0, 0.05) is 5.56 Å². The number of aromatic hydroxyl groups is 1. The summed E-state index contributed by atoms with van der Waals surface area (Å²) < 4.78 is 4.78. The summed E-state index contributed by atoms with van der Waals surface area (Å²) in [4.78, 5) is 10.2. The fourth-order valence-corrected chi connectivity index (χ4v) is 0.768. The van der Waals surface area contributed by atoms with Crippen molar-refractivity contribution in [3.63, 3.8) is 0 Å². The van der Waals surface area contributed by atoms with Crippen LogP contribution in [-0.4, -0.2) is 69.9 Å². The standard InChI is InChI=1S/C8H8O3.K.H/c1-11-8-4-6(5-9)2-3-7(8)10;;/h2-5,10H,1H3;;. The van der Waals surface area contributed by atoms with E-state index in [4.69, 9.17) is 9.84 Å². The first-order chi connectivity index (χ1) is 5.27. The van der Waals surface area contributed by atoms with Crippen LogP contribution in [0.4, 0.5) is 0 Å². The van der Waals surface area contributed by atoms with Crippen molar-refractivity contribution in [3.8, 4) is 11.5 Å². The Morgan fingerprint density at radius 1 is 1.50 bits per heavy atom. The van der Waals surface area contributed by atoms with Gasteiger partial charge in [-0.15, -0.1) is 0 Å². The van der Waals surface area contributed by atoms with E-state index in [0.717, 1.165) is 0 Å². The molecule has 1 rings (SSSR count). The Morgan fingerprint density at radius 3 is 2.67 bits per heavy atom. The average Bonchev–Trinajstić information content (AvgIpc) is 2.05. The van der Waals surface area contributed by atoms with Crippen molar-refractivity contribution < 1.29 is 14.6 Å². The number of phenols is 1. The second kappa shape index (κ2) is 5.72. The summed E-state index contributed by atoms with van der Waals surface area (Å²) in [5, 5.41) is 9.09. The van der Waals surface area contributed by atoms with Gasteiger partial charge < -0.3 is 9.84 Å². The van der Waals surface area contributed by atoms with Crippen molar-refractivity contribution in [2.45, 2.75) is 0 Å². The second-order valence-electron chi connectivity index (χ2n) is 2.05. The van der Waals surface area contributed by atoms with Crippen LogP contribution in [0.2, 0.25) is 0 Å². The van der Waals surface area contributed by atoms with Crippen LogP contribution in [0.1, 0.15) is 10.4 Å². The summed E-state index contributed by atoms with van der Waals surface area (Å²) >= 11 is 0. The van der Waals surface area contributed by atoms with Crippen molar-refractivity contribution in [2.24, 2.45) is 0 Å². The number of aldehydes is 1. The van der Waals surface area contributed by atoms with Crippen LogP contribution >= 0.6 is 0 Å². The normalized spacial score (nSPS) is 8.42. The van der Waals surface area contributed by atoms with E-state index in [1.54, 1.807) is 0 Å². The van der Waals surface area contributed by atoms with E-state index >= 15 is 0 Å². The molecule has 0 aliphatic heterocycles. The molecular formula is C8H9KO3. The van der Waals surface area contributed by atoms with Gasteiger partial charge in [0.05, 0.1) is 7.11 Å². The molecule has 1 aromatic carbocycles. The van der Waals surface area contributed by atoms with Crippen LogP contribution in [-0.2, 0) is 0 Å². The Hall–Kier alpha value is 0.126. The number of phenolic OH excluding ortho intramolecular Hbond substituents is 1. The molecule has 0 aliphatic carbocycles. The molecule has 0 radical (unpaired) electrons. The van der Waals surface area contributed by atoms with E-state index in [1.807, 2.05) is 0 Å². The Bertz CT molecular complexity index is 273. The molecule has 0 fully saturated rings. The molecular weight excluding hydrogens is 183 g/mol. The zero-order valence-corrected chi connectivity index (χ0v) is 6.07. The van der Waals surface area contributed by atoms with Crippen LogP contribution < -0.4 is 4.74 Å². The van der Waals surface area contributed by atoms with Gasteiger partial charge >= 0.3 is 51.4 Å². The molecule has 0 spiro atoms. The third-order valence-corrected chi connectivity index (χ3v) is 1.34. The van der Waals surface area contributed by atoms with Crippen molar-refractivity contribution in [3.05, 3.63) is 23.8 Å². The van der Waals surface area contributed by atoms with E-state index < -0.39 is 0 Å². The molecule has 0 unspecified atom stereocenters. The molecule has 1 aromatic rings. The monoisotopic (exact) mass is 192 g/mol. The average molecular weight is 192 g/mol. The molecule has 1 N–H and O–H groups in total. The predicted octanol–water partition coefficient (Wildman–Crippen LogP) is 0.565. The third-order valence-electron chi connectivity index (χ3n) is 1.34. The number of benzene rings is 1. The molecule has 4 heteroatoms. The van der Waals surface area contributed by atoms with Crippen molar-refractivity contribution in [1.82, 2.24) is 0 Å². The maximum atomic E-state index is 10.2. The van der Waals surface area contributed by atoms with Crippen LogP contribution in [0, 0.1) is 0 Å². The first-order valence-corrected chi connectivity index (χ1v) is 3.10. The summed E-state index contributed by atoms with van der Waals surface area (Å²) in [6, 6.07) is 4.41. The van der Waals surface area contributed by atoms with Gasteiger partial charge in [-0.25, -0.2) is 0 Å². The quantitative estimate of drug-likeness (QED) is 0.550. The zero-order valence-electron chi connectivity index (χ0n) is 6.07. The van der Waals surface area contributed by atoms with E-state index in [9.17, 15) is 4.79 Å². The van der Waals surface area contributed by atoms with Gasteiger partial charge in [-0.2, -0.15) is 0 Å². The van der Waals surface area contributed by atoms with Gasteiger partial charge in [-0.3, -0.25) is 4.79 Å². The van der Waals surface area contributed by atoms with Crippen LogP contribution in [0.15, 0.2) is 18.2 Å². The summed E-state index contributed by atoms with van der Waals surface area (Å²) in [5.74, 6) is 0.354. The van der Waals surface area contributed by atoms with Crippen LogP contribution in [0.25, 0.3) is 0 Å². The number of carbonyl (C=O) groups is 1. The van der Waals surface area contributed by atoms with Crippen molar-refractivity contribution in [1.29, 1.82) is 0 Å². The summed E-state index contributed by atoms with van der Waals surface area (Å²) in [6.45, 7) is 0. The topological polar surface area (TPSA) is 46.5 Å². The Kier molecular flexibility index (Phi) is 5.78. The summed E-state index contributed by atoms with van der Waals surface area (Å²) in [7, 11) is 1.43. The first kappa shape index (κ1) is 12.1. The molecule has 3 nitrogen and oxygen atoms in total. The van der Waals surface area contributed by atoms with Gasteiger partial charge in [0.25, 0.3) is 0 Å². The van der Waals surface area contributed by atoms with Gasteiger partial charge in [0.15, 0.2) is 11.5 Å². The SMILES string of the molecule is COc1cc(C=O)ccc1O.[KH]. The number of carbonyl (C=O) groups excluding carboxylic acids is 1. The van der Waals surface area contributed by atoms with Crippen LogP contribution in [0.3, 0.4) is 0 Å². The molecule has 0 aromatic heterocycles. The molecule has 0 saturated carbocycles. The van der Waals surface area contributed by atoms with E-state index in [1.165, 1.54) is 25.3 Å². The van der Waals surface area contributed by atoms with E-state index in [-0.39, 0.29) is 57.1 Å². The molecule has 0 heterocycles. The number of hydrogen-bond donors (Lipinski definition) is 1. The second-order valence-corrected chi connectivity index (χ2v) is 2.05. The van der Waals surface area contributed by atoms with E-state index in [2.05, 4.69) is 0 Å². The molecule has 0 saturated heterocycles. The van der Waals surface area contributed by atoms with Gasteiger partial charge in [0.1, 0.15) is 6.29 Å². The maximum absolute atomic E-state index is 10.2. The molecule has 0 aliphatic rings. The Balaban J connectivity index is 0.00000121. The van der Waals surface area contributed by atoms with Gasteiger partial charge in [0.2, 0.25) is 0 Å². The fraction of sp³-hybridized carbons (Fsp3) is 0.125. The van der Waals surface area contributed by atoms with Crippen LogP contribution in [0.5, 0.6) is 11.5 Å². The number of ether oxygens (including phenoxy) is 1. The van der Waals surface area contributed by atoms with Crippen molar-refractivity contribution >= 4 is 57.7 Å². The Labute approximate surface area is 113 Å². The molecule has 60 valence electrons. The Morgan fingerprint density at radius 2 is 2.17 bits per heavy atom. The molecule has 0 amide bonds. The predicted molar refractivity (Wildman–Crippen MR) is 47.2 cm³/mol. The minimum atomic E-state index is 0. The molecule has 0 bridgehead atoms. The zero-order chi connectivity index (χ0) is 8.27. The first-order valence-electron chi connectivity index (χ1n) is 3.10. The minimum absolute atomic E-state index is 0. The molecule has 0 atom stereocenters. The fourth-order valence-electron chi connectivity index (χ4n) is 0.768. The van der Waals surface area contributed by atoms with Gasteiger partial charge in [-0.1, -0.05) is 0 Å². The number of rotatable bonds is 2. The summed E-state index contributed by atoms with van der Waals surface area (Å²) in [5.41, 5.74) is 0.486. The van der Waals surface area contributed by atoms with Gasteiger partial charge in [-0.05, 0) is 18.2 Å². The third kappa shape index (κ3) is 2.88. The number of hydrogen-bond acceptors (Lipinski definition) is 3. The molecule has 12 heavy (non-hydrogen) atoms. The summed E-state index contributed by atoms with van der Waals surface area (Å²) in [6.07, 6.45) is 0.696. The number of methoxy groups -OCH3 is 1.